The molecule has 4 aromatic rings. The monoisotopic (exact) mass is 500 g/mol. The van der Waals surface area contributed by atoms with Crippen LogP contribution in [0.1, 0.15) is 49.9 Å². The van der Waals surface area contributed by atoms with Gasteiger partial charge in [-0.15, -0.1) is 0 Å². The first kappa shape index (κ1) is 25.2. The fourth-order valence-electron chi connectivity index (χ4n) is 3.76. The second kappa shape index (κ2) is 12.7. The van der Waals surface area contributed by atoms with Crippen LogP contribution in [0.4, 0.5) is 5.69 Å². The lowest BCUT2D eigenvalue weighted by Gasteiger charge is -2.11. The number of rotatable bonds is 12. The highest BCUT2D eigenvalue weighted by Gasteiger charge is 2.10. The van der Waals surface area contributed by atoms with Crippen molar-refractivity contribution in [1.29, 1.82) is 0 Å². The molecular weight excluding hydrogens is 472 g/mol. The van der Waals surface area contributed by atoms with Gasteiger partial charge in [0.2, 0.25) is 5.91 Å². The third-order valence-electron chi connectivity index (χ3n) is 5.60. The third kappa shape index (κ3) is 7.29. The number of unbranched alkanes of at least 4 members (excludes halogenated alkanes) is 3. The lowest BCUT2D eigenvalue weighted by molar-refractivity contribution is -0.137. The van der Waals surface area contributed by atoms with Gasteiger partial charge in [0.15, 0.2) is 0 Å². The number of amides is 1. The van der Waals surface area contributed by atoms with Gasteiger partial charge in [-0.2, -0.15) is 5.10 Å². The highest BCUT2D eigenvalue weighted by atomic mass is 32.2. The van der Waals surface area contributed by atoms with E-state index in [0.29, 0.717) is 12.8 Å². The van der Waals surface area contributed by atoms with Crippen molar-refractivity contribution in [2.75, 3.05) is 5.32 Å². The molecule has 36 heavy (non-hydrogen) atoms. The molecule has 0 bridgehead atoms. The van der Waals surface area contributed by atoms with Crippen LogP contribution < -0.4 is 5.32 Å². The van der Waals surface area contributed by atoms with E-state index in [1.807, 2.05) is 60.7 Å². The van der Waals surface area contributed by atoms with Gasteiger partial charge in [0.05, 0.1) is 22.6 Å². The number of aromatic nitrogens is 3. The molecule has 4 rings (SSSR count). The van der Waals surface area contributed by atoms with Gasteiger partial charge < -0.3 is 10.4 Å². The maximum Gasteiger partial charge on any atom is 0.303 e. The SMILES string of the molecule is O=C(O)CCCCCCC(=O)Nc1ccccc1Sc1ccc2c(C=Cc3ccccn3)n[nH]c2c1. The minimum Gasteiger partial charge on any atom is -0.481 e. The van der Waals surface area contributed by atoms with E-state index in [1.54, 1.807) is 18.0 Å². The summed E-state index contributed by atoms with van der Waals surface area (Å²) in [7, 11) is 0. The number of carboxylic acid groups (broad SMARTS) is 1. The number of aromatic amines is 1. The average molecular weight is 501 g/mol. The second-order valence-corrected chi connectivity index (χ2v) is 9.47. The summed E-state index contributed by atoms with van der Waals surface area (Å²) in [5, 5.41) is 20.3. The number of carbonyl (C=O) groups excluding carboxylic acids is 1. The third-order valence-corrected chi connectivity index (χ3v) is 6.66. The van der Waals surface area contributed by atoms with Crippen LogP contribution in [0.15, 0.2) is 76.7 Å². The molecule has 0 saturated carbocycles. The van der Waals surface area contributed by atoms with Crippen molar-refractivity contribution < 1.29 is 14.7 Å². The Morgan fingerprint density at radius 1 is 0.944 bits per heavy atom. The molecule has 0 aliphatic rings. The highest BCUT2D eigenvalue weighted by Crippen LogP contribution is 2.35. The number of anilines is 1. The molecule has 7 nitrogen and oxygen atoms in total. The van der Waals surface area contributed by atoms with E-state index in [0.717, 1.165) is 57.0 Å². The van der Waals surface area contributed by atoms with Crippen molar-refractivity contribution in [3.63, 3.8) is 0 Å². The number of benzene rings is 2. The van der Waals surface area contributed by atoms with Crippen LogP contribution in [-0.2, 0) is 9.59 Å². The molecule has 2 heterocycles. The van der Waals surface area contributed by atoms with Gasteiger partial charge in [0, 0.05) is 34.2 Å². The number of H-pyrrole nitrogens is 1. The Labute approximate surface area is 214 Å². The van der Waals surface area contributed by atoms with Crippen LogP contribution in [0, 0.1) is 0 Å². The standard InChI is InChI=1S/C28H28N4O3S/c33-27(12-3-1-2-4-13-28(34)35)30-24-10-5-6-11-26(24)36-21-15-16-22-23(31-32-25(22)19-21)17-14-20-9-7-8-18-29-20/h5-11,14-19H,1-4,12-13H2,(H,30,33)(H,31,32)(H,34,35). The normalized spacial score (nSPS) is 11.2. The largest absolute Gasteiger partial charge is 0.481 e. The van der Waals surface area contributed by atoms with Crippen molar-refractivity contribution in [2.24, 2.45) is 0 Å². The van der Waals surface area contributed by atoms with Gasteiger partial charge in [0.25, 0.3) is 0 Å². The van der Waals surface area contributed by atoms with Gasteiger partial charge in [-0.1, -0.05) is 42.8 Å². The van der Waals surface area contributed by atoms with Crippen LogP contribution in [0.25, 0.3) is 23.1 Å². The van der Waals surface area contributed by atoms with Crippen LogP contribution in [0.2, 0.25) is 0 Å². The number of hydrogen-bond donors (Lipinski definition) is 3. The predicted octanol–water partition coefficient (Wildman–Crippen LogP) is 6.64. The lowest BCUT2D eigenvalue weighted by Crippen LogP contribution is -2.11. The Balaban J connectivity index is 1.36. The fourth-order valence-corrected chi connectivity index (χ4v) is 4.71. The Kier molecular flexibility index (Phi) is 8.88. The highest BCUT2D eigenvalue weighted by molar-refractivity contribution is 7.99. The second-order valence-electron chi connectivity index (χ2n) is 8.36. The number of aliphatic carboxylic acids is 1. The maximum atomic E-state index is 12.5. The van der Waals surface area contributed by atoms with E-state index in [2.05, 4.69) is 32.6 Å². The van der Waals surface area contributed by atoms with E-state index >= 15 is 0 Å². The molecule has 0 fully saturated rings. The molecule has 1 amide bonds. The van der Waals surface area contributed by atoms with Gasteiger partial charge in [-0.3, -0.25) is 19.7 Å². The number of carbonyl (C=O) groups is 2. The van der Waals surface area contributed by atoms with Gasteiger partial charge in [0.1, 0.15) is 0 Å². The number of fused-ring (bicyclic) bond motifs is 1. The van der Waals surface area contributed by atoms with Crippen molar-refractivity contribution in [2.45, 2.75) is 48.3 Å². The number of para-hydroxylation sites is 1. The molecule has 0 aliphatic carbocycles. The quantitative estimate of drug-likeness (QED) is 0.188. The van der Waals surface area contributed by atoms with Gasteiger partial charge in [-0.05, 0) is 67.5 Å². The number of nitrogens with zero attached hydrogens (tertiary/aromatic N) is 2. The van der Waals surface area contributed by atoms with Crippen LogP contribution in [0.3, 0.4) is 0 Å². The topological polar surface area (TPSA) is 108 Å². The minimum absolute atomic E-state index is 0.0327. The Morgan fingerprint density at radius 2 is 1.75 bits per heavy atom. The summed E-state index contributed by atoms with van der Waals surface area (Å²) in [6.45, 7) is 0. The Bertz CT molecular complexity index is 1350. The van der Waals surface area contributed by atoms with Crippen LogP contribution >= 0.6 is 11.8 Å². The number of nitrogens with one attached hydrogen (secondary N) is 2. The zero-order chi connectivity index (χ0) is 25.2. The predicted molar refractivity (Wildman–Crippen MR) is 144 cm³/mol. The van der Waals surface area contributed by atoms with Crippen LogP contribution in [0.5, 0.6) is 0 Å². The summed E-state index contributed by atoms with van der Waals surface area (Å²) in [4.78, 5) is 29.3. The van der Waals surface area contributed by atoms with Crippen molar-refractivity contribution >= 4 is 52.4 Å². The van der Waals surface area contributed by atoms with E-state index in [1.165, 1.54) is 0 Å². The summed E-state index contributed by atoms with van der Waals surface area (Å²) >= 11 is 1.58. The van der Waals surface area contributed by atoms with Gasteiger partial charge >= 0.3 is 5.97 Å². The lowest BCUT2D eigenvalue weighted by atomic mass is 10.1. The molecule has 2 aromatic heterocycles. The summed E-state index contributed by atoms with van der Waals surface area (Å²) < 4.78 is 0. The number of pyridine rings is 1. The minimum atomic E-state index is -0.772. The molecular formula is C28H28N4O3S. The molecule has 0 aliphatic heterocycles. The first-order valence-electron chi connectivity index (χ1n) is 11.9. The molecule has 184 valence electrons. The van der Waals surface area contributed by atoms with E-state index < -0.39 is 5.97 Å². The van der Waals surface area contributed by atoms with E-state index in [4.69, 9.17) is 5.11 Å². The van der Waals surface area contributed by atoms with E-state index in [9.17, 15) is 9.59 Å². The average Bonchev–Trinajstić information content (AvgIpc) is 3.28. The molecule has 0 saturated heterocycles. The Hall–Kier alpha value is -3.91. The molecule has 0 radical (unpaired) electrons. The molecule has 2 aromatic carbocycles. The Morgan fingerprint density at radius 3 is 2.56 bits per heavy atom. The first-order chi connectivity index (χ1) is 17.6. The smallest absolute Gasteiger partial charge is 0.303 e. The molecule has 0 unspecified atom stereocenters. The number of hydrogen-bond acceptors (Lipinski definition) is 5. The fraction of sp³-hybridized carbons (Fsp3) is 0.214. The number of carboxylic acids is 1. The first-order valence-corrected chi connectivity index (χ1v) is 12.8. The maximum absolute atomic E-state index is 12.5. The van der Waals surface area contributed by atoms with Crippen molar-refractivity contribution in [1.82, 2.24) is 15.2 Å². The molecule has 0 spiro atoms. The zero-order valence-corrected chi connectivity index (χ0v) is 20.6. The van der Waals surface area contributed by atoms with Crippen molar-refractivity contribution in [3.8, 4) is 0 Å². The molecule has 8 heteroatoms. The zero-order valence-electron chi connectivity index (χ0n) is 19.8. The summed E-state index contributed by atoms with van der Waals surface area (Å²) in [5.41, 5.74) is 3.44. The molecule has 0 atom stereocenters. The van der Waals surface area contributed by atoms with Crippen molar-refractivity contribution in [3.05, 3.63) is 78.2 Å². The van der Waals surface area contributed by atoms with E-state index in [-0.39, 0.29) is 12.3 Å². The van der Waals surface area contributed by atoms with Gasteiger partial charge in [-0.25, -0.2) is 0 Å². The summed E-state index contributed by atoms with van der Waals surface area (Å²) in [6, 6.07) is 19.7. The summed E-state index contributed by atoms with van der Waals surface area (Å²) in [5.74, 6) is -0.805. The molecule has 3 N–H and O–H groups in total. The summed E-state index contributed by atoms with van der Waals surface area (Å²) in [6.07, 6.45) is 9.32. The van der Waals surface area contributed by atoms with Crippen LogP contribution in [-0.4, -0.2) is 32.2 Å².